The first kappa shape index (κ1) is 17.7. The Hall–Kier alpha value is -2.66. The van der Waals surface area contributed by atoms with Crippen LogP contribution in [-0.4, -0.2) is 40.6 Å². The molecule has 0 unspecified atom stereocenters. The quantitative estimate of drug-likeness (QED) is 0.354. The van der Waals surface area contributed by atoms with Crippen LogP contribution < -0.4 is 5.48 Å². The summed E-state index contributed by atoms with van der Waals surface area (Å²) < 4.78 is 30.5. The Morgan fingerprint density at radius 3 is 1.96 bits per heavy atom. The highest BCUT2D eigenvalue weighted by Gasteiger charge is 2.06. The fourth-order valence-corrected chi connectivity index (χ4v) is 2.01. The van der Waals surface area contributed by atoms with E-state index in [4.69, 9.17) is 9.66 Å². The SMILES string of the molecule is O=C(CO)NOS(=O)(=O)O.c1cnc2c(c1)ccc1cccnc12. The Bertz CT molecular complexity index is 906. The zero-order valence-corrected chi connectivity index (χ0v) is 13.0. The van der Waals surface area contributed by atoms with Gasteiger partial charge in [-0.05, 0) is 12.1 Å². The lowest BCUT2D eigenvalue weighted by atomic mass is 10.1. The second-order valence-electron chi connectivity index (χ2n) is 4.41. The molecule has 0 saturated carbocycles. The van der Waals surface area contributed by atoms with E-state index in [1.807, 2.05) is 12.1 Å². The number of nitrogens with zero attached hydrogens (tertiary/aromatic N) is 2. The van der Waals surface area contributed by atoms with Crippen LogP contribution in [0.25, 0.3) is 21.8 Å². The number of aliphatic hydroxyl groups is 1. The number of nitrogens with one attached hydrogen (secondary N) is 1. The van der Waals surface area contributed by atoms with Crippen molar-refractivity contribution in [3.05, 3.63) is 48.8 Å². The predicted octanol–water partition coefficient (Wildman–Crippen LogP) is 0.612. The van der Waals surface area contributed by atoms with Crippen LogP contribution in [0.1, 0.15) is 0 Å². The van der Waals surface area contributed by atoms with Gasteiger partial charge in [0.05, 0.1) is 11.0 Å². The zero-order valence-electron chi connectivity index (χ0n) is 12.2. The van der Waals surface area contributed by atoms with E-state index in [1.165, 1.54) is 5.48 Å². The molecule has 3 N–H and O–H groups in total. The second-order valence-corrected chi connectivity index (χ2v) is 5.43. The number of rotatable bonds is 3. The van der Waals surface area contributed by atoms with Gasteiger partial charge in [-0.3, -0.25) is 19.3 Å². The molecule has 0 atom stereocenters. The zero-order chi connectivity index (χ0) is 17.6. The average molecular weight is 351 g/mol. The van der Waals surface area contributed by atoms with Crippen LogP contribution >= 0.6 is 0 Å². The smallest absolute Gasteiger partial charge is 0.386 e. The summed E-state index contributed by atoms with van der Waals surface area (Å²) in [6.07, 6.45) is 3.60. The third-order valence-electron chi connectivity index (χ3n) is 2.75. The highest BCUT2D eigenvalue weighted by atomic mass is 32.3. The van der Waals surface area contributed by atoms with Gasteiger partial charge in [0.1, 0.15) is 6.61 Å². The minimum absolute atomic E-state index is 0.921. The molecule has 0 fully saturated rings. The molecule has 0 aliphatic carbocycles. The summed E-state index contributed by atoms with van der Waals surface area (Å²) in [5, 5.41) is 10.2. The first-order valence-electron chi connectivity index (χ1n) is 6.55. The molecule has 1 aromatic carbocycles. The van der Waals surface area contributed by atoms with E-state index in [0.29, 0.717) is 0 Å². The fraction of sp³-hybridized carbons (Fsp3) is 0.0714. The Labute approximate surface area is 136 Å². The van der Waals surface area contributed by atoms with Gasteiger partial charge >= 0.3 is 10.4 Å². The number of carbonyl (C=O) groups is 1. The number of aromatic nitrogens is 2. The summed E-state index contributed by atoms with van der Waals surface area (Å²) in [6.45, 7) is -0.921. The molecule has 0 saturated heterocycles. The average Bonchev–Trinajstić information content (AvgIpc) is 2.59. The van der Waals surface area contributed by atoms with Gasteiger partial charge in [-0.2, -0.15) is 8.42 Å². The van der Waals surface area contributed by atoms with Crippen molar-refractivity contribution in [1.29, 1.82) is 0 Å². The van der Waals surface area contributed by atoms with Crippen molar-refractivity contribution in [3.8, 4) is 0 Å². The summed E-state index contributed by atoms with van der Waals surface area (Å²) in [6, 6.07) is 12.1. The van der Waals surface area contributed by atoms with Crippen LogP contribution in [0.15, 0.2) is 48.8 Å². The van der Waals surface area contributed by atoms with Crippen molar-refractivity contribution < 1.29 is 27.2 Å². The lowest BCUT2D eigenvalue weighted by Gasteiger charge is -2.00. The summed E-state index contributed by atoms with van der Waals surface area (Å²) in [7, 11) is -4.67. The molecule has 0 aliphatic heterocycles. The van der Waals surface area contributed by atoms with Gasteiger partial charge in [0, 0.05) is 23.2 Å². The first-order chi connectivity index (χ1) is 11.4. The van der Waals surface area contributed by atoms with Crippen LogP contribution in [0, 0.1) is 0 Å². The second kappa shape index (κ2) is 7.75. The summed E-state index contributed by atoms with van der Waals surface area (Å²) in [4.78, 5) is 18.7. The summed E-state index contributed by atoms with van der Waals surface area (Å²) >= 11 is 0. The number of benzene rings is 1. The van der Waals surface area contributed by atoms with E-state index < -0.39 is 22.9 Å². The molecule has 10 heteroatoms. The molecule has 0 radical (unpaired) electrons. The van der Waals surface area contributed by atoms with Crippen LogP contribution in [0.2, 0.25) is 0 Å². The van der Waals surface area contributed by atoms with E-state index >= 15 is 0 Å². The minimum Gasteiger partial charge on any atom is -0.386 e. The maximum atomic E-state index is 10.00. The van der Waals surface area contributed by atoms with Crippen molar-refractivity contribution >= 4 is 38.1 Å². The largest absolute Gasteiger partial charge is 0.418 e. The molecule has 1 amide bonds. The van der Waals surface area contributed by atoms with Crippen molar-refractivity contribution in [2.24, 2.45) is 0 Å². The van der Waals surface area contributed by atoms with Gasteiger partial charge in [-0.25, -0.2) is 5.48 Å². The summed E-state index contributed by atoms with van der Waals surface area (Å²) in [5.41, 5.74) is 3.20. The minimum atomic E-state index is -4.67. The number of amides is 1. The lowest BCUT2D eigenvalue weighted by molar-refractivity contribution is -0.130. The number of fused-ring (bicyclic) bond motifs is 3. The van der Waals surface area contributed by atoms with Gasteiger partial charge in [0.25, 0.3) is 5.91 Å². The molecule has 24 heavy (non-hydrogen) atoms. The monoisotopic (exact) mass is 351 g/mol. The molecule has 0 aliphatic rings. The highest BCUT2D eigenvalue weighted by Crippen LogP contribution is 2.20. The van der Waals surface area contributed by atoms with E-state index in [1.54, 1.807) is 12.4 Å². The van der Waals surface area contributed by atoms with Crippen molar-refractivity contribution in [1.82, 2.24) is 15.4 Å². The van der Waals surface area contributed by atoms with Crippen LogP contribution in [0.4, 0.5) is 0 Å². The topological polar surface area (TPSA) is 139 Å². The van der Waals surface area contributed by atoms with Gasteiger partial charge in [-0.15, -0.1) is 4.28 Å². The standard InChI is InChI=1S/C12H8N2.C2H5NO6S/c1-3-9-5-6-10-4-2-8-14-12(10)11(9)13-7-1;4-1-2(5)3-9-10(6,7)8/h1-8H;4H,1H2,(H,3,5)(H,6,7,8). The molecular formula is C14H13N3O6S. The fourth-order valence-electron chi connectivity index (χ4n) is 1.81. The van der Waals surface area contributed by atoms with E-state index in [0.717, 1.165) is 21.8 Å². The van der Waals surface area contributed by atoms with Crippen LogP contribution in [-0.2, 0) is 19.5 Å². The van der Waals surface area contributed by atoms with Crippen molar-refractivity contribution in [2.45, 2.75) is 0 Å². The number of pyridine rings is 2. The Morgan fingerprint density at radius 2 is 1.54 bits per heavy atom. The Balaban J connectivity index is 0.000000187. The Kier molecular flexibility index (Phi) is 5.71. The number of carbonyl (C=O) groups excluding carboxylic acids is 1. The molecular weight excluding hydrogens is 338 g/mol. The maximum Gasteiger partial charge on any atom is 0.418 e. The third kappa shape index (κ3) is 4.93. The van der Waals surface area contributed by atoms with E-state index in [2.05, 4.69) is 38.5 Å². The summed E-state index contributed by atoms with van der Waals surface area (Å²) in [5.74, 6) is -1.07. The molecule has 126 valence electrons. The number of hydroxylamine groups is 1. The highest BCUT2D eigenvalue weighted by molar-refractivity contribution is 7.80. The third-order valence-corrected chi connectivity index (χ3v) is 3.04. The van der Waals surface area contributed by atoms with Crippen LogP contribution in [0.5, 0.6) is 0 Å². The van der Waals surface area contributed by atoms with E-state index in [-0.39, 0.29) is 0 Å². The molecule has 3 rings (SSSR count). The molecule has 0 spiro atoms. The predicted molar refractivity (Wildman–Crippen MR) is 84.9 cm³/mol. The van der Waals surface area contributed by atoms with Crippen molar-refractivity contribution in [3.63, 3.8) is 0 Å². The number of hydrogen-bond donors (Lipinski definition) is 3. The molecule has 0 bridgehead atoms. The first-order valence-corrected chi connectivity index (χ1v) is 7.91. The molecule has 3 aromatic rings. The lowest BCUT2D eigenvalue weighted by Crippen LogP contribution is -2.28. The van der Waals surface area contributed by atoms with Gasteiger partial charge in [-0.1, -0.05) is 24.3 Å². The van der Waals surface area contributed by atoms with Crippen molar-refractivity contribution in [2.75, 3.05) is 6.61 Å². The molecule has 2 aromatic heterocycles. The Morgan fingerprint density at radius 1 is 1.04 bits per heavy atom. The number of hydrogen-bond acceptors (Lipinski definition) is 7. The van der Waals surface area contributed by atoms with Gasteiger partial charge in [0.15, 0.2) is 0 Å². The normalized spacial score (nSPS) is 10.9. The molecule has 9 nitrogen and oxygen atoms in total. The van der Waals surface area contributed by atoms with E-state index in [9.17, 15) is 13.2 Å². The van der Waals surface area contributed by atoms with Gasteiger partial charge in [0.2, 0.25) is 0 Å². The van der Waals surface area contributed by atoms with Crippen LogP contribution in [0.3, 0.4) is 0 Å². The molecule has 2 heterocycles. The maximum absolute atomic E-state index is 10.00. The number of aliphatic hydroxyl groups excluding tert-OH is 1. The van der Waals surface area contributed by atoms with Gasteiger partial charge < -0.3 is 5.11 Å².